The van der Waals surface area contributed by atoms with Crippen LogP contribution in [-0.4, -0.2) is 19.3 Å². The Morgan fingerprint density at radius 2 is 1.56 bits per heavy atom. The molecule has 0 aromatic heterocycles. The first-order valence-electron chi connectivity index (χ1n) is 5.48. The number of hydrogen-bond donors (Lipinski definition) is 2. The van der Waals surface area contributed by atoms with Gasteiger partial charge in [-0.1, -0.05) is 24.3 Å². The van der Waals surface area contributed by atoms with E-state index < -0.39 is 5.92 Å². The molecule has 16 heavy (non-hydrogen) atoms. The van der Waals surface area contributed by atoms with Gasteiger partial charge in [0.15, 0.2) is 0 Å². The molecule has 82 valence electrons. The zero-order valence-corrected chi connectivity index (χ0v) is 8.93. The second-order valence-electron chi connectivity index (χ2n) is 4.05. The highest BCUT2D eigenvalue weighted by molar-refractivity contribution is 5.22. The van der Waals surface area contributed by atoms with Crippen molar-refractivity contribution in [3.05, 3.63) is 24.3 Å². The highest BCUT2D eigenvalue weighted by atomic mass is 15.2. The maximum atomic E-state index is 8.79. The lowest BCUT2D eigenvalue weighted by molar-refractivity contribution is 0.474. The van der Waals surface area contributed by atoms with Crippen LogP contribution in [0, 0.1) is 40.4 Å². The highest BCUT2D eigenvalue weighted by Gasteiger charge is 2.24. The first kappa shape index (κ1) is 10.9. The molecule has 1 aliphatic carbocycles. The van der Waals surface area contributed by atoms with Gasteiger partial charge in [-0.25, -0.2) is 0 Å². The van der Waals surface area contributed by atoms with E-state index in [1.807, 2.05) is 24.3 Å². The van der Waals surface area contributed by atoms with Gasteiger partial charge in [0.05, 0.1) is 18.3 Å². The van der Waals surface area contributed by atoms with Gasteiger partial charge in [-0.2, -0.15) is 10.5 Å². The summed E-state index contributed by atoms with van der Waals surface area (Å²) in [5, 5.41) is 24.3. The summed E-state index contributed by atoms with van der Waals surface area (Å²) >= 11 is 0. The molecule has 2 N–H and O–H groups in total. The maximum Gasteiger partial charge on any atom is 0.143 e. The van der Waals surface area contributed by atoms with Crippen LogP contribution in [0.4, 0.5) is 0 Å². The summed E-state index contributed by atoms with van der Waals surface area (Å²) in [6.07, 6.45) is 8.36. The lowest BCUT2D eigenvalue weighted by Crippen LogP contribution is -2.37. The number of nitrogens with one attached hydrogen (secondary N) is 2. The second-order valence-corrected chi connectivity index (χ2v) is 4.05. The van der Waals surface area contributed by atoms with E-state index in [2.05, 4.69) is 22.8 Å². The van der Waals surface area contributed by atoms with Crippen molar-refractivity contribution >= 4 is 0 Å². The van der Waals surface area contributed by atoms with E-state index in [0.29, 0.717) is 5.92 Å². The Bertz CT molecular complexity index is 351. The molecule has 1 fully saturated rings. The number of nitrogens with zero attached hydrogens (tertiary/aromatic N) is 2. The van der Waals surface area contributed by atoms with Crippen LogP contribution in [0.5, 0.6) is 0 Å². The molecule has 1 heterocycles. The van der Waals surface area contributed by atoms with E-state index in [1.165, 1.54) is 0 Å². The monoisotopic (exact) mass is 214 g/mol. The SMILES string of the molecule is N#CC(C#N)C1C=CC(C2NCCN2)C=C1. The van der Waals surface area contributed by atoms with Gasteiger partial charge in [0, 0.05) is 24.9 Å². The Morgan fingerprint density at radius 3 is 2.06 bits per heavy atom. The average Bonchev–Trinajstić information content (AvgIpc) is 2.85. The first-order chi connectivity index (χ1) is 7.85. The van der Waals surface area contributed by atoms with Gasteiger partial charge in [0.25, 0.3) is 0 Å². The maximum absolute atomic E-state index is 8.79. The van der Waals surface area contributed by atoms with Gasteiger partial charge < -0.3 is 0 Å². The predicted octanol–water partition coefficient (Wildman–Crippen LogP) is 0.527. The number of nitriles is 2. The fourth-order valence-corrected chi connectivity index (χ4v) is 2.09. The summed E-state index contributed by atoms with van der Waals surface area (Å²) in [6, 6.07) is 4.02. The molecule has 4 nitrogen and oxygen atoms in total. The lowest BCUT2D eigenvalue weighted by Gasteiger charge is -2.22. The molecule has 4 heteroatoms. The van der Waals surface area contributed by atoms with Crippen LogP contribution >= 0.6 is 0 Å². The van der Waals surface area contributed by atoms with Crippen molar-refractivity contribution in [1.29, 1.82) is 10.5 Å². The molecular formula is C12H14N4. The zero-order valence-electron chi connectivity index (χ0n) is 8.93. The minimum absolute atomic E-state index is 0.0624. The van der Waals surface area contributed by atoms with Gasteiger partial charge in [0.1, 0.15) is 5.92 Å². The third kappa shape index (κ3) is 2.14. The summed E-state index contributed by atoms with van der Waals surface area (Å²) in [7, 11) is 0. The van der Waals surface area contributed by atoms with Crippen molar-refractivity contribution in [1.82, 2.24) is 10.6 Å². The summed E-state index contributed by atoms with van der Waals surface area (Å²) < 4.78 is 0. The Morgan fingerprint density at radius 1 is 1.00 bits per heavy atom. The van der Waals surface area contributed by atoms with E-state index in [9.17, 15) is 0 Å². The van der Waals surface area contributed by atoms with Crippen molar-refractivity contribution < 1.29 is 0 Å². The van der Waals surface area contributed by atoms with Crippen molar-refractivity contribution in [3.8, 4) is 12.1 Å². The molecule has 0 aromatic carbocycles. The van der Waals surface area contributed by atoms with Crippen molar-refractivity contribution in [2.45, 2.75) is 6.17 Å². The fourth-order valence-electron chi connectivity index (χ4n) is 2.09. The minimum Gasteiger partial charge on any atom is -0.300 e. The van der Waals surface area contributed by atoms with Crippen molar-refractivity contribution in [2.24, 2.45) is 17.8 Å². The minimum atomic E-state index is -0.571. The van der Waals surface area contributed by atoms with Gasteiger partial charge in [-0.05, 0) is 0 Å². The van der Waals surface area contributed by atoms with E-state index in [0.717, 1.165) is 13.1 Å². The standard InChI is InChI=1S/C12H14N4/c13-7-11(8-14)9-1-3-10(4-2-9)12-15-5-6-16-12/h1-4,9-12,15-16H,5-6H2. The van der Waals surface area contributed by atoms with Gasteiger partial charge in [-0.3, -0.25) is 10.6 Å². The van der Waals surface area contributed by atoms with E-state index in [4.69, 9.17) is 10.5 Å². The summed E-state index contributed by atoms with van der Waals surface area (Å²) in [5.74, 6) is -0.317. The second kappa shape index (κ2) is 4.94. The zero-order chi connectivity index (χ0) is 11.4. The molecule has 2 aliphatic rings. The van der Waals surface area contributed by atoms with Crippen LogP contribution in [0.2, 0.25) is 0 Å². The largest absolute Gasteiger partial charge is 0.300 e. The van der Waals surface area contributed by atoms with Crippen LogP contribution < -0.4 is 10.6 Å². The molecular weight excluding hydrogens is 200 g/mol. The van der Waals surface area contributed by atoms with Crippen LogP contribution in [0.1, 0.15) is 0 Å². The number of allylic oxidation sites excluding steroid dienone is 2. The molecule has 0 spiro atoms. The quantitative estimate of drug-likeness (QED) is 0.658. The van der Waals surface area contributed by atoms with Gasteiger partial charge in [0.2, 0.25) is 0 Å². The van der Waals surface area contributed by atoms with Crippen LogP contribution in [-0.2, 0) is 0 Å². The number of rotatable bonds is 2. The average molecular weight is 214 g/mol. The molecule has 0 saturated carbocycles. The molecule has 0 radical (unpaired) electrons. The molecule has 2 rings (SSSR count). The Hall–Kier alpha value is -1.62. The first-order valence-corrected chi connectivity index (χ1v) is 5.48. The Labute approximate surface area is 95.2 Å². The molecule has 0 aromatic rings. The molecule has 0 amide bonds. The highest BCUT2D eigenvalue weighted by Crippen LogP contribution is 2.22. The molecule has 0 unspecified atom stereocenters. The smallest absolute Gasteiger partial charge is 0.143 e. The summed E-state index contributed by atoms with van der Waals surface area (Å²) in [4.78, 5) is 0. The molecule has 1 aliphatic heterocycles. The lowest BCUT2D eigenvalue weighted by atomic mass is 9.87. The van der Waals surface area contributed by atoms with Crippen LogP contribution in [0.15, 0.2) is 24.3 Å². The Balaban J connectivity index is 1.98. The molecule has 0 atom stereocenters. The van der Waals surface area contributed by atoms with Crippen LogP contribution in [0.25, 0.3) is 0 Å². The number of hydrogen-bond acceptors (Lipinski definition) is 4. The van der Waals surface area contributed by atoms with Gasteiger partial charge in [-0.15, -0.1) is 0 Å². The summed E-state index contributed by atoms with van der Waals surface area (Å²) in [6.45, 7) is 1.98. The van der Waals surface area contributed by atoms with Gasteiger partial charge >= 0.3 is 0 Å². The molecule has 1 saturated heterocycles. The fraction of sp³-hybridized carbons (Fsp3) is 0.500. The van der Waals surface area contributed by atoms with E-state index in [-0.39, 0.29) is 12.1 Å². The van der Waals surface area contributed by atoms with Crippen molar-refractivity contribution in [2.75, 3.05) is 13.1 Å². The summed E-state index contributed by atoms with van der Waals surface area (Å²) in [5.41, 5.74) is 0. The Kier molecular flexibility index (Phi) is 3.36. The normalized spacial score (nSPS) is 29.2. The van der Waals surface area contributed by atoms with E-state index in [1.54, 1.807) is 0 Å². The van der Waals surface area contributed by atoms with E-state index >= 15 is 0 Å². The van der Waals surface area contributed by atoms with Crippen molar-refractivity contribution in [3.63, 3.8) is 0 Å². The third-order valence-corrected chi connectivity index (χ3v) is 3.01. The third-order valence-electron chi connectivity index (χ3n) is 3.01. The predicted molar refractivity (Wildman–Crippen MR) is 59.8 cm³/mol. The topological polar surface area (TPSA) is 71.6 Å². The van der Waals surface area contributed by atoms with Crippen LogP contribution in [0.3, 0.4) is 0 Å². The molecule has 0 bridgehead atoms.